The summed E-state index contributed by atoms with van der Waals surface area (Å²) < 4.78 is 65.9. The molecule has 33 nitrogen and oxygen atoms in total. The molecule has 4 aliphatic rings. The smallest absolute Gasteiger partial charge is 0.343 e. The lowest BCUT2D eigenvalue weighted by molar-refractivity contribution is -0.172. The number of halogens is 1. The van der Waals surface area contributed by atoms with Crippen LogP contribution in [0.25, 0.3) is 22.3 Å². The summed E-state index contributed by atoms with van der Waals surface area (Å²) in [6.45, 7) is 6.78. The van der Waals surface area contributed by atoms with Gasteiger partial charge in [-0.3, -0.25) is 57.6 Å². The third-order valence-electron chi connectivity index (χ3n) is 17.9. The van der Waals surface area contributed by atoms with Crippen LogP contribution >= 0.6 is 0 Å². The summed E-state index contributed by atoms with van der Waals surface area (Å²) in [6, 6.07) is 13.4. The third kappa shape index (κ3) is 22.4. The molecule has 5 aromatic rings. The van der Waals surface area contributed by atoms with Gasteiger partial charge in [-0.25, -0.2) is 14.2 Å². The summed E-state index contributed by atoms with van der Waals surface area (Å²) in [4.78, 5) is 164. The number of hydrogen-bond acceptors (Lipinski definition) is 23. The molecule has 0 unspecified atom stereocenters. The summed E-state index contributed by atoms with van der Waals surface area (Å²) in [5.41, 5.74) is 1.43. The van der Waals surface area contributed by atoms with Gasteiger partial charge in [-0.1, -0.05) is 37.3 Å². The highest BCUT2D eigenvalue weighted by Crippen LogP contribution is 2.46. The van der Waals surface area contributed by atoms with Crippen LogP contribution in [0.1, 0.15) is 105 Å². The lowest BCUT2D eigenvalue weighted by Gasteiger charge is -2.31. The molecule has 3 aliphatic heterocycles. The van der Waals surface area contributed by atoms with Gasteiger partial charge in [-0.05, 0) is 86.1 Å². The molecule has 0 saturated carbocycles. The minimum atomic E-state index is -2.08. The van der Waals surface area contributed by atoms with Crippen LogP contribution in [0.2, 0.25) is 0 Å². The molecule has 5 heterocycles. The van der Waals surface area contributed by atoms with Crippen LogP contribution in [-0.4, -0.2) is 229 Å². The monoisotopic (exact) mass is 1500 g/mol. The van der Waals surface area contributed by atoms with Crippen LogP contribution in [0, 0.1) is 12.7 Å². The molecule has 3 atom stereocenters. The highest BCUT2D eigenvalue weighted by molar-refractivity contribution is 6.13. The second kappa shape index (κ2) is 40.6. The van der Waals surface area contributed by atoms with E-state index < -0.39 is 127 Å². The summed E-state index contributed by atoms with van der Waals surface area (Å²) >= 11 is 0. The zero-order valence-electron chi connectivity index (χ0n) is 60.3. The maximum atomic E-state index is 15.5. The van der Waals surface area contributed by atoms with E-state index in [9.17, 15) is 62.6 Å². The molecule has 3 aromatic carbocycles. The van der Waals surface area contributed by atoms with Crippen molar-refractivity contribution in [2.45, 2.75) is 90.1 Å². The Labute approximate surface area is 620 Å². The molecule has 10 amide bonds. The number of pyridine rings is 2. The van der Waals surface area contributed by atoms with Gasteiger partial charge >= 0.3 is 5.97 Å². The number of amides is 10. The lowest BCUT2D eigenvalue weighted by Crippen LogP contribution is -2.52. The highest BCUT2D eigenvalue weighted by Gasteiger charge is 2.46. The number of rotatable bonds is 45. The first-order valence-corrected chi connectivity index (χ1v) is 35.6. The van der Waals surface area contributed by atoms with E-state index in [0.717, 1.165) is 17.1 Å². The second-order valence-corrected chi connectivity index (χ2v) is 25.3. The Kier molecular flexibility index (Phi) is 30.7. The number of esters is 1. The molecular weight excluding hydrogens is 1410 g/mol. The summed E-state index contributed by atoms with van der Waals surface area (Å²) in [6.07, 6.45) is 3.09. The van der Waals surface area contributed by atoms with Crippen molar-refractivity contribution in [1.82, 2.24) is 51.7 Å². The molecule has 0 bridgehead atoms. The lowest BCUT2D eigenvalue weighted by atomic mass is 9.81. The van der Waals surface area contributed by atoms with Crippen LogP contribution in [-0.2, 0) is 117 Å². The Balaban J connectivity index is 0.715. The number of aromatic nitrogens is 2. The molecule has 0 fully saturated rings. The van der Waals surface area contributed by atoms with Gasteiger partial charge in [0, 0.05) is 84.1 Å². The van der Waals surface area contributed by atoms with Crippen molar-refractivity contribution in [2.75, 3.05) is 144 Å². The molecule has 0 radical (unpaired) electrons. The van der Waals surface area contributed by atoms with Crippen LogP contribution in [0.3, 0.4) is 0 Å². The van der Waals surface area contributed by atoms with Crippen LogP contribution in [0.5, 0.6) is 0 Å². The summed E-state index contributed by atoms with van der Waals surface area (Å²) in [5.74, 6) is -7.98. The van der Waals surface area contributed by atoms with E-state index in [1.54, 1.807) is 50.2 Å². The average molecular weight is 1500 g/mol. The van der Waals surface area contributed by atoms with Gasteiger partial charge in [0.1, 0.15) is 31.8 Å². The Morgan fingerprint density at radius 3 is 1.95 bits per heavy atom. The molecule has 0 spiro atoms. The molecular formula is C74H90FN11O22. The molecule has 9 N–H and O–H groups in total. The van der Waals surface area contributed by atoms with Gasteiger partial charge in [0.05, 0.1) is 141 Å². The minimum absolute atomic E-state index is 0.0240. The van der Waals surface area contributed by atoms with Crippen molar-refractivity contribution in [2.24, 2.45) is 0 Å². The number of anilines is 1. The average Bonchev–Trinajstić information content (AvgIpc) is 1.52. The van der Waals surface area contributed by atoms with Gasteiger partial charge in [0.15, 0.2) is 5.60 Å². The molecule has 108 heavy (non-hydrogen) atoms. The van der Waals surface area contributed by atoms with E-state index in [0.29, 0.717) is 117 Å². The number of carbonyl (C=O) groups is 11. The number of hydrogen-bond donors (Lipinski definition) is 9. The number of nitrogens with one attached hydrogen (secondary N) is 8. The van der Waals surface area contributed by atoms with Crippen LogP contribution in [0.15, 0.2) is 77.6 Å². The second-order valence-electron chi connectivity index (χ2n) is 25.3. The number of ether oxygens (including phenoxy) is 9. The molecule has 9 rings (SSSR count). The Hall–Kier alpha value is -10.3. The number of aliphatic hydroxyl groups is 1. The zero-order chi connectivity index (χ0) is 77.1. The van der Waals surface area contributed by atoms with Gasteiger partial charge in [0.25, 0.3) is 29.2 Å². The van der Waals surface area contributed by atoms with Crippen molar-refractivity contribution >= 4 is 81.6 Å². The highest BCUT2D eigenvalue weighted by atomic mass is 19.1. The Bertz CT molecular complexity index is 4200. The number of carbonyl (C=O) groups excluding carboxylic acids is 11. The van der Waals surface area contributed by atoms with E-state index in [-0.39, 0.29) is 118 Å². The van der Waals surface area contributed by atoms with Gasteiger partial charge in [-0.15, -0.1) is 0 Å². The molecule has 34 heteroatoms. The number of imide groups is 1. The SMILES string of the molecule is CCOCCOCCOCCOCCOCCOCCNC(=O)c1cc(NC(=O)CCCOCCN2C(=O)C=CC2=O)cc(C(=O)NCC(=O)NCC(=O)N[C@@H](Cc2ccccc2)C(=O)NCC(=O)NCOCC(=O)N[C@H]2CCc3c(C)c(F)cc4nc5c(c2c34)Cn2c-5cc3c(c2=O)COC(=O)[C@]3(O)CC)c1. The van der Waals surface area contributed by atoms with Crippen LogP contribution in [0.4, 0.5) is 10.1 Å². The van der Waals surface area contributed by atoms with E-state index in [1.165, 1.54) is 28.8 Å². The van der Waals surface area contributed by atoms with Gasteiger partial charge in [0.2, 0.25) is 35.4 Å². The Morgan fingerprint density at radius 1 is 0.667 bits per heavy atom. The maximum absolute atomic E-state index is 15.5. The number of nitrogens with zero attached hydrogens (tertiary/aromatic N) is 3. The minimum Gasteiger partial charge on any atom is -0.458 e. The van der Waals surface area contributed by atoms with Crippen molar-refractivity contribution in [3.05, 3.63) is 139 Å². The first-order valence-electron chi connectivity index (χ1n) is 35.6. The van der Waals surface area contributed by atoms with Crippen LogP contribution < -0.4 is 48.1 Å². The van der Waals surface area contributed by atoms with Gasteiger partial charge < -0.3 is 94.8 Å². The van der Waals surface area contributed by atoms with Crippen molar-refractivity contribution in [3.63, 3.8) is 0 Å². The van der Waals surface area contributed by atoms with E-state index in [4.69, 9.17) is 47.6 Å². The Morgan fingerprint density at radius 2 is 1.29 bits per heavy atom. The van der Waals surface area contributed by atoms with E-state index in [1.807, 2.05) is 6.92 Å². The van der Waals surface area contributed by atoms with E-state index >= 15 is 4.39 Å². The quantitative estimate of drug-likeness (QED) is 0.0109. The van der Waals surface area contributed by atoms with Crippen molar-refractivity contribution in [1.29, 1.82) is 0 Å². The van der Waals surface area contributed by atoms with E-state index in [2.05, 4.69) is 42.5 Å². The third-order valence-corrected chi connectivity index (χ3v) is 17.9. The zero-order valence-corrected chi connectivity index (χ0v) is 60.3. The maximum Gasteiger partial charge on any atom is 0.343 e. The molecule has 0 saturated heterocycles. The fourth-order valence-electron chi connectivity index (χ4n) is 12.4. The predicted molar refractivity (Wildman–Crippen MR) is 382 cm³/mol. The molecule has 1 aliphatic carbocycles. The standard InChI is InChI=1S/C74H90FN11O22/c1-4-74(99)53-36-58-68-51(41-86(58)72(97)52(53)42-108-73(74)98)67-55(14-13-50-45(3)54(75)37-56(84-68)66(50)67)82-63(91)43-107-44-80-61(89)39-79-71(96)57(32-46-10-7-6-8-11-46)83-62(90)40-77-60(88)38-78-70(95)48-33-47(34-49(35-48)81-59(87)12-9-19-101-21-18-85-64(92)15-16-65(85)93)69(94)76-17-20-102-24-25-104-28-29-106-31-30-105-27-26-103-23-22-100-5-2/h6-8,10-11,15-16,33-37,55,57,99H,4-5,9,12-14,17-32,38-44H2,1-3H3,(H,76,94)(H,77,88)(H,78,95)(H,79,96)(H,80,89)(H,81,87)(H,82,91)(H,83,90)/t55-,57-,74-/m0/s1. The molecule has 580 valence electrons. The number of cyclic esters (lactones) is 1. The molecule has 2 aromatic heterocycles. The number of fused-ring (bicyclic) bond motifs is 5. The summed E-state index contributed by atoms with van der Waals surface area (Å²) in [5, 5.41) is 32.7. The van der Waals surface area contributed by atoms with Crippen molar-refractivity contribution < 1.29 is 105 Å². The first kappa shape index (κ1) is 81.8. The first-order chi connectivity index (χ1) is 52.2. The van der Waals surface area contributed by atoms with Gasteiger partial charge in [-0.2, -0.15) is 0 Å². The normalized spacial score (nSPS) is 15.5. The van der Waals surface area contributed by atoms with Crippen molar-refractivity contribution in [3.8, 4) is 11.4 Å². The summed E-state index contributed by atoms with van der Waals surface area (Å²) in [7, 11) is 0. The number of aryl methyl sites for hydroxylation is 1. The fraction of sp³-hybridized carbons (Fsp3) is 0.473. The topological polar surface area (TPSA) is 425 Å². The predicted octanol–water partition coefficient (Wildman–Crippen LogP) is 0.620. The fourth-order valence-corrected chi connectivity index (χ4v) is 12.4. The number of benzene rings is 3. The largest absolute Gasteiger partial charge is 0.458 e.